The fraction of sp³-hybridized carbons (Fsp3) is 0.333. The van der Waals surface area contributed by atoms with Gasteiger partial charge in [-0.3, -0.25) is 4.79 Å². The molecule has 0 aliphatic heterocycles. The monoisotopic (exact) mass is 504 g/mol. The van der Waals surface area contributed by atoms with Gasteiger partial charge in [-0.25, -0.2) is 4.79 Å². The van der Waals surface area contributed by atoms with Gasteiger partial charge in [0.05, 0.1) is 19.1 Å². The first kappa shape index (κ1) is 27.3. The molecule has 0 radical (unpaired) electrons. The number of nitrogens with one attached hydrogen (secondary N) is 1. The number of urea groups is 1. The van der Waals surface area contributed by atoms with E-state index in [1.807, 2.05) is 78.6 Å². The summed E-state index contributed by atoms with van der Waals surface area (Å²) in [5.74, 6) is -0.211. The minimum absolute atomic E-state index is 0.00955. The number of benzene rings is 3. The molecule has 3 aromatic rings. The second-order valence-corrected chi connectivity index (χ2v) is 9.82. The Morgan fingerprint density at radius 1 is 0.889 bits per heavy atom. The zero-order valence-corrected chi connectivity index (χ0v) is 22.2. The summed E-state index contributed by atoms with van der Waals surface area (Å²) in [4.78, 5) is 29.0. The van der Waals surface area contributed by atoms with Crippen molar-refractivity contribution in [2.75, 3.05) is 18.5 Å². The molecule has 3 rings (SSSR count). The Morgan fingerprint density at radius 2 is 1.53 bits per heavy atom. The quantitative estimate of drug-likeness (QED) is 0.203. The molecule has 6 heteroatoms. The molecule has 0 fully saturated rings. The van der Waals surface area contributed by atoms with Crippen molar-refractivity contribution < 1.29 is 14.3 Å². The molecule has 0 aliphatic rings. The second kappa shape index (κ2) is 14.3. The lowest BCUT2D eigenvalue weighted by Gasteiger charge is -2.30. The van der Waals surface area contributed by atoms with E-state index in [-0.39, 0.29) is 24.5 Å². The van der Waals surface area contributed by atoms with Crippen LogP contribution in [0.4, 0.5) is 10.5 Å². The third kappa shape index (κ3) is 8.45. The lowest BCUT2D eigenvalue weighted by molar-refractivity contribution is -0.142. The molecule has 0 aliphatic carbocycles. The summed E-state index contributed by atoms with van der Waals surface area (Å²) >= 11 is 1.64. The maximum Gasteiger partial charge on any atom is 0.322 e. The highest BCUT2D eigenvalue weighted by Gasteiger charge is 2.21. The topological polar surface area (TPSA) is 58.6 Å². The number of esters is 1. The van der Waals surface area contributed by atoms with Crippen LogP contribution in [0.2, 0.25) is 0 Å². The van der Waals surface area contributed by atoms with Crippen molar-refractivity contribution in [1.29, 1.82) is 0 Å². The third-order valence-electron chi connectivity index (χ3n) is 5.93. The van der Waals surface area contributed by atoms with Crippen molar-refractivity contribution in [2.45, 2.75) is 62.3 Å². The standard InChI is InChI=1S/C30H36N2O3S/c1-4-6-10-21-32(23(3)25-11-8-7-9-12-25)30(34)31-26-15-19-28(20-16-26)36-27-17-13-24(14-18-27)22-29(33)35-5-2/h7-9,11-20,23H,4-6,10,21-22H2,1-3H3,(H,31,34). The molecular formula is C30H36N2O3S. The van der Waals surface area contributed by atoms with Crippen molar-refractivity contribution in [3.05, 3.63) is 90.0 Å². The van der Waals surface area contributed by atoms with Crippen LogP contribution in [0.3, 0.4) is 0 Å². The van der Waals surface area contributed by atoms with Crippen LogP contribution in [0.25, 0.3) is 0 Å². The number of amides is 2. The molecule has 0 saturated carbocycles. The lowest BCUT2D eigenvalue weighted by Crippen LogP contribution is -2.37. The highest BCUT2D eigenvalue weighted by atomic mass is 32.2. The van der Waals surface area contributed by atoms with Crippen LogP contribution in [-0.4, -0.2) is 30.1 Å². The van der Waals surface area contributed by atoms with Crippen LogP contribution in [0.5, 0.6) is 0 Å². The Labute approximate surface area is 219 Å². The van der Waals surface area contributed by atoms with Crippen molar-refractivity contribution >= 4 is 29.4 Å². The number of carbonyl (C=O) groups excluding carboxylic acids is 2. The molecule has 190 valence electrons. The van der Waals surface area contributed by atoms with Crippen LogP contribution in [-0.2, 0) is 16.0 Å². The van der Waals surface area contributed by atoms with Gasteiger partial charge in [-0.2, -0.15) is 0 Å². The maximum absolute atomic E-state index is 13.2. The van der Waals surface area contributed by atoms with E-state index in [0.717, 1.165) is 52.4 Å². The van der Waals surface area contributed by atoms with Gasteiger partial charge in [-0.15, -0.1) is 0 Å². The smallest absolute Gasteiger partial charge is 0.322 e. The molecule has 0 bridgehead atoms. The Balaban J connectivity index is 1.60. The predicted molar refractivity (Wildman–Crippen MR) is 147 cm³/mol. The highest BCUT2D eigenvalue weighted by Crippen LogP contribution is 2.29. The minimum Gasteiger partial charge on any atom is -0.466 e. The summed E-state index contributed by atoms with van der Waals surface area (Å²) in [6, 6.07) is 25.9. The average Bonchev–Trinajstić information content (AvgIpc) is 2.89. The molecule has 1 atom stereocenters. The van der Waals surface area contributed by atoms with E-state index in [2.05, 4.69) is 31.3 Å². The zero-order chi connectivity index (χ0) is 25.8. The summed E-state index contributed by atoms with van der Waals surface area (Å²) < 4.78 is 5.01. The molecule has 0 saturated heterocycles. The summed E-state index contributed by atoms with van der Waals surface area (Å²) in [6.45, 7) is 7.17. The Morgan fingerprint density at radius 3 is 2.14 bits per heavy atom. The van der Waals surface area contributed by atoms with E-state index in [1.54, 1.807) is 11.8 Å². The summed E-state index contributed by atoms with van der Waals surface area (Å²) in [6.07, 6.45) is 3.48. The first-order valence-corrected chi connectivity index (χ1v) is 13.5. The molecule has 1 unspecified atom stereocenters. The number of anilines is 1. The van der Waals surface area contributed by atoms with Gasteiger partial charge in [-0.05, 0) is 67.8 Å². The Kier molecular flexibility index (Phi) is 10.9. The zero-order valence-electron chi connectivity index (χ0n) is 21.4. The number of hydrogen-bond acceptors (Lipinski definition) is 4. The van der Waals surface area contributed by atoms with Crippen LogP contribution >= 0.6 is 11.8 Å². The van der Waals surface area contributed by atoms with E-state index in [0.29, 0.717) is 6.61 Å². The maximum atomic E-state index is 13.2. The van der Waals surface area contributed by atoms with E-state index >= 15 is 0 Å². The largest absolute Gasteiger partial charge is 0.466 e. The van der Waals surface area contributed by atoms with Gasteiger partial charge in [-0.1, -0.05) is 74.0 Å². The second-order valence-electron chi connectivity index (χ2n) is 8.67. The van der Waals surface area contributed by atoms with Crippen molar-refractivity contribution in [3.8, 4) is 0 Å². The van der Waals surface area contributed by atoms with E-state index in [4.69, 9.17) is 4.74 Å². The van der Waals surface area contributed by atoms with Crippen LogP contribution in [0.1, 0.15) is 57.2 Å². The van der Waals surface area contributed by atoms with Crippen molar-refractivity contribution in [2.24, 2.45) is 0 Å². The van der Waals surface area contributed by atoms with E-state index < -0.39 is 0 Å². The van der Waals surface area contributed by atoms with Gasteiger partial charge in [0.2, 0.25) is 0 Å². The predicted octanol–water partition coefficient (Wildman–Crippen LogP) is 7.73. The summed E-state index contributed by atoms with van der Waals surface area (Å²) in [5, 5.41) is 3.08. The number of unbranched alkanes of at least 4 members (excludes halogenated alkanes) is 2. The molecule has 0 aromatic heterocycles. The Bertz CT molecular complexity index is 1090. The fourth-order valence-electron chi connectivity index (χ4n) is 3.91. The average molecular weight is 505 g/mol. The fourth-order valence-corrected chi connectivity index (χ4v) is 4.72. The lowest BCUT2D eigenvalue weighted by atomic mass is 10.1. The summed E-state index contributed by atoms with van der Waals surface area (Å²) in [7, 11) is 0. The molecule has 0 heterocycles. The van der Waals surface area contributed by atoms with Gasteiger partial charge in [0.15, 0.2) is 0 Å². The highest BCUT2D eigenvalue weighted by molar-refractivity contribution is 7.99. The van der Waals surface area contributed by atoms with E-state index in [9.17, 15) is 9.59 Å². The molecule has 5 nitrogen and oxygen atoms in total. The molecular weight excluding hydrogens is 468 g/mol. The Hall–Kier alpha value is -3.25. The van der Waals surface area contributed by atoms with Gasteiger partial charge in [0, 0.05) is 22.0 Å². The number of nitrogens with zero attached hydrogens (tertiary/aromatic N) is 1. The van der Waals surface area contributed by atoms with Gasteiger partial charge in [0.25, 0.3) is 0 Å². The molecule has 3 aromatic carbocycles. The molecule has 0 spiro atoms. The van der Waals surface area contributed by atoms with Crippen molar-refractivity contribution in [3.63, 3.8) is 0 Å². The molecule has 36 heavy (non-hydrogen) atoms. The van der Waals surface area contributed by atoms with Gasteiger partial charge >= 0.3 is 12.0 Å². The third-order valence-corrected chi connectivity index (χ3v) is 6.95. The number of carbonyl (C=O) groups is 2. The number of ether oxygens (including phenoxy) is 1. The van der Waals surface area contributed by atoms with Crippen molar-refractivity contribution in [1.82, 2.24) is 4.90 Å². The normalized spacial score (nSPS) is 11.5. The van der Waals surface area contributed by atoms with Gasteiger partial charge in [0.1, 0.15) is 0 Å². The SMILES string of the molecule is CCCCCN(C(=O)Nc1ccc(Sc2ccc(CC(=O)OCC)cc2)cc1)C(C)c1ccccc1. The first-order valence-electron chi connectivity index (χ1n) is 12.6. The van der Waals surface area contributed by atoms with Crippen LogP contribution in [0.15, 0.2) is 88.7 Å². The van der Waals surface area contributed by atoms with E-state index in [1.165, 1.54) is 0 Å². The van der Waals surface area contributed by atoms with Gasteiger partial charge < -0.3 is 15.0 Å². The molecule has 1 N–H and O–H groups in total. The van der Waals surface area contributed by atoms with Crippen LogP contribution < -0.4 is 5.32 Å². The van der Waals surface area contributed by atoms with Crippen LogP contribution in [0, 0.1) is 0 Å². The number of hydrogen-bond donors (Lipinski definition) is 1. The number of rotatable bonds is 12. The minimum atomic E-state index is -0.211. The first-order chi connectivity index (χ1) is 17.5. The summed E-state index contributed by atoms with van der Waals surface area (Å²) in [5.41, 5.74) is 2.84. The molecule has 2 amide bonds.